The molecule has 2 N–H and O–H groups in total. The highest BCUT2D eigenvalue weighted by Crippen LogP contribution is 2.17. The molecule has 1 aromatic carbocycles. The quantitative estimate of drug-likeness (QED) is 0.419. The van der Waals surface area contributed by atoms with Gasteiger partial charge < -0.3 is 10.6 Å². The maximum atomic E-state index is 13.2. The van der Waals surface area contributed by atoms with E-state index in [1.54, 1.807) is 0 Å². The molecule has 1 atom stereocenters. The fourth-order valence-corrected chi connectivity index (χ4v) is 2.88. The van der Waals surface area contributed by atoms with Crippen LogP contribution < -0.4 is 5.73 Å². The number of benzene rings is 1. The largest absolute Gasteiger partial charge is 0.370 e. The molecule has 0 spiro atoms. The van der Waals surface area contributed by atoms with Gasteiger partial charge in [-0.15, -0.1) is 24.0 Å². The van der Waals surface area contributed by atoms with Gasteiger partial charge in [-0.25, -0.2) is 9.38 Å². The summed E-state index contributed by atoms with van der Waals surface area (Å²) >= 11 is 3.27. The van der Waals surface area contributed by atoms with Crippen molar-refractivity contribution in [2.45, 2.75) is 26.3 Å². The minimum Gasteiger partial charge on any atom is -0.370 e. The van der Waals surface area contributed by atoms with Gasteiger partial charge in [0.15, 0.2) is 5.96 Å². The number of aliphatic imine (C=N–C) groups is 1. The lowest BCUT2D eigenvalue weighted by molar-refractivity contribution is 0.270. The number of piperidine rings is 1. The van der Waals surface area contributed by atoms with Crippen LogP contribution in [0.5, 0.6) is 0 Å². The second-order valence-corrected chi connectivity index (χ2v) is 6.06. The zero-order valence-corrected chi connectivity index (χ0v) is 15.4. The molecule has 20 heavy (non-hydrogen) atoms. The Morgan fingerprint density at radius 2 is 2.25 bits per heavy atom. The van der Waals surface area contributed by atoms with E-state index >= 15 is 0 Å². The van der Waals surface area contributed by atoms with Gasteiger partial charge in [0.2, 0.25) is 0 Å². The lowest BCUT2D eigenvalue weighted by Crippen LogP contribution is -2.43. The SMILES string of the molecule is CC1CCCN(C(N)=NCc2cc(F)cc(Br)c2)C1.I. The van der Waals surface area contributed by atoms with Crippen molar-refractivity contribution in [1.82, 2.24) is 4.90 Å². The number of nitrogens with zero attached hydrogens (tertiary/aromatic N) is 2. The van der Waals surface area contributed by atoms with Crippen LogP contribution in [0.15, 0.2) is 27.7 Å². The van der Waals surface area contributed by atoms with Crippen LogP contribution in [0, 0.1) is 11.7 Å². The van der Waals surface area contributed by atoms with Crippen molar-refractivity contribution in [2.24, 2.45) is 16.6 Å². The van der Waals surface area contributed by atoms with Gasteiger partial charge in [-0.3, -0.25) is 0 Å². The Morgan fingerprint density at radius 1 is 1.50 bits per heavy atom. The lowest BCUT2D eigenvalue weighted by Gasteiger charge is -2.31. The fraction of sp³-hybridized carbons (Fsp3) is 0.500. The molecule has 0 aromatic heterocycles. The third kappa shape index (κ3) is 5.20. The Balaban J connectivity index is 0.00000200. The van der Waals surface area contributed by atoms with Crippen LogP contribution in [0.3, 0.4) is 0 Å². The molecule has 2 rings (SSSR count). The number of nitrogens with two attached hydrogens (primary N) is 1. The van der Waals surface area contributed by atoms with Crippen molar-refractivity contribution in [3.05, 3.63) is 34.1 Å². The zero-order valence-electron chi connectivity index (χ0n) is 11.5. The van der Waals surface area contributed by atoms with Crippen LogP contribution in [-0.2, 0) is 6.54 Å². The van der Waals surface area contributed by atoms with Crippen molar-refractivity contribution < 1.29 is 4.39 Å². The van der Waals surface area contributed by atoms with Crippen molar-refractivity contribution in [3.8, 4) is 0 Å². The molecule has 1 aliphatic rings. The van der Waals surface area contributed by atoms with Crippen LogP contribution in [0.25, 0.3) is 0 Å². The van der Waals surface area contributed by atoms with E-state index < -0.39 is 0 Å². The molecule has 3 nitrogen and oxygen atoms in total. The summed E-state index contributed by atoms with van der Waals surface area (Å²) in [6.45, 7) is 4.56. The summed E-state index contributed by atoms with van der Waals surface area (Å²) in [5, 5.41) is 0. The predicted molar refractivity (Wildman–Crippen MR) is 94.8 cm³/mol. The highest BCUT2D eigenvalue weighted by atomic mass is 127. The molecule has 0 saturated carbocycles. The molecule has 1 unspecified atom stereocenters. The molecule has 0 radical (unpaired) electrons. The van der Waals surface area contributed by atoms with Gasteiger partial charge in [-0.05, 0) is 42.5 Å². The minimum absolute atomic E-state index is 0. The van der Waals surface area contributed by atoms with E-state index in [2.05, 4.69) is 32.7 Å². The monoisotopic (exact) mass is 455 g/mol. The summed E-state index contributed by atoms with van der Waals surface area (Å²) in [6.07, 6.45) is 2.41. The fourth-order valence-electron chi connectivity index (χ4n) is 2.37. The average molecular weight is 456 g/mol. The highest BCUT2D eigenvalue weighted by Gasteiger charge is 2.17. The van der Waals surface area contributed by atoms with E-state index in [9.17, 15) is 4.39 Å². The van der Waals surface area contributed by atoms with E-state index in [1.807, 2.05) is 6.07 Å². The summed E-state index contributed by atoms with van der Waals surface area (Å²) in [5.41, 5.74) is 6.82. The van der Waals surface area contributed by atoms with Crippen molar-refractivity contribution in [1.29, 1.82) is 0 Å². The summed E-state index contributed by atoms with van der Waals surface area (Å²) < 4.78 is 14.0. The predicted octanol–water partition coefficient (Wildman–Crippen LogP) is 3.75. The maximum absolute atomic E-state index is 13.2. The molecule has 112 valence electrons. The van der Waals surface area contributed by atoms with Crippen molar-refractivity contribution in [2.75, 3.05) is 13.1 Å². The average Bonchev–Trinajstić information content (AvgIpc) is 2.35. The molecule has 6 heteroatoms. The Bertz CT molecular complexity index is 461. The first kappa shape index (κ1) is 17.7. The van der Waals surface area contributed by atoms with Crippen LogP contribution in [0.2, 0.25) is 0 Å². The van der Waals surface area contributed by atoms with Crippen LogP contribution in [-0.4, -0.2) is 23.9 Å². The molecule has 1 aromatic rings. The van der Waals surface area contributed by atoms with Gasteiger partial charge >= 0.3 is 0 Å². The van der Waals surface area contributed by atoms with Crippen LogP contribution in [0.4, 0.5) is 4.39 Å². The summed E-state index contributed by atoms with van der Waals surface area (Å²) in [4.78, 5) is 6.48. The van der Waals surface area contributed by atoms with Gasteiger partial charge in [0.1, 0.15) is 5.82 Å². The topological polar surface area (TPSA) is 41.6 Å². The summed E-state index contributed by atoms with van der Waals surface area (Å²) in [6, 6.07) is 4.78. The van der Waals surface area contributed by atoms with Gasteiger partial charge in [0.25, 0.3) is 0 Å². The van der Waals surface area contributed by atoms with E-state index in [1.165, 1.54) is 18.6 Å². The molecule has 1 saturated heterocycles. The number of hydrogen-bond donors (Lipinski definition) is 1. The Hall–Kier alpha value is -0.370. The standard InChI is InChI=1S/C14H19BrFN3.HI/c1-10-3-2-4-19(9-10)14(17)18-8-11-5-12(15)7-13(16)6-11;/h5-7,10H,2-4,8-9H2,1H3,(H2,17,18);1H. The van der Waals surface area contributed by atoms with E-state index in [0.29, 0.717) is 18.4 Å². The van der Waals surface area contributed by atoms with Gasteiger partial charge in [0.05, 0.1) is 6.54 Å². The Labute approximate surface area is 145 Å². The number of guanidine groups is 1. The van der Waals surface area contributed by atoms with Crippen molar-refractivity contribution in [3.63, 3.8) is 0 Å². The maximum Gasteiger partial charge on any atom is 0.191 e. The third-order valence-electron chi connectivity index (χ3n) is 3.33. The number of likely N-dealkylation sites (tertiary alicyclic amines) is 1. The zero-order chi connectivity index (χ0) is 13.8. The van der Waals surface area contributed by atoms with E-state index in [4.69, 9.17) is 5.73 Å². The third-order valence-corrected chi connectivity index (χ3v) is 3.78. The van der Waals surface area contributed by atoms with Gasteiger partial charge in [0, 0.05) is 17.6 Å². The van der Waals surface area contributed by atoms with Gasteiger partial charge in [-0.2, -0.15) is 0 Å². The first-order chi connectivity index (χ1) is 9.04. The molecular weight excluding hydrogens is 436 g/mol. The molecule has 0 aliphatic carbocycles. The molecule has 0 bridgehead atoms. The highest BCUT2D eigenvalue weighted by molar-refractivity contribution is 14.0. The first-order valence-electron chi connectivity index (χ1n) is 6.54. The first-order valence-corrected chi connectivity index (χ1v) is 7.33. The number of hydrogen-bond acceptors (Lipinski definition) is 1. The smallest absolute Gasteiger partial charge is 0.191 e. The minimum atomic E-state index is -0.259. The lowest BCUT2D eigenvalue weighted by atomic mass is 10.0. The van der Waals surface area contributed by atoms with Crippen molar-refractivity contribution >= 4 is 45.9 Å². The Morgan fingerprint density at radius 3 is 2.90 bits per heavy atom. The normalized spacial score (nSPS) is 19.6. The Kier molecular flexibility index (Phi) is 7.22. The number of halogens is 3. The van der Waals surface area contributed by atoms with Crippen LogP contribution >= 0.6 is 39.9 Å². The molecule has 1 fully saturated rings. The van der Waals surface area contributed by atoms with Crippen LogP contribution in [0.1, 0.15) is 25.3 Å². The second-order valence-electron chi connectivity index (χ2n) is 5.15. The van der Waals surface area contributed by atoms with E-state index in [0.717, 1.165) is 29.5 Å². The summed E-state index contributed by atoms with van der Waals surface area (Å²) in [5.74, 6) is 0.961. The summed E-state index contributed by atoms with van der Waals surface area (Å²) in [7, 11) is 0. The molecule has 1 aliphatic heterocycles. The molecular formula is C14H20BrFIN3. The molecule has 1 heterocycles. The van der Waals surface area contributed by atoms with E-state index in [-0.39, 0.29) is 29.8 Å². The molecule has 0 amide bonds. The second kappa shape index (κ2) is 8.17. The number of rotatable bonds is 2. The van der Waals surface area contributed by atoms with Gasteiger partial charge in [-0.1, -0.05) is 22.9 Å².